The zero-order valence-electron chi connectivity index (χ0n) is 33.4. The van der Waals surface area contributed by atoms with E-state index in [1.165, 1.54) is 12.1 Å². The normalized spacial score (nSPS) is 11.2. The van der Waals surface area contributed by atoms with Crippen molar-refractivity contribution in [2.75, 3.05) is 0 Å². The monoisotopic (exact) mass is 1010 g/mol. The third-order valence-electron chi connectivity index (χ3n) is 9.71. The van der Waals surface area contributed by atoms with Gasteiger partial charge in [-0.15, -0.1) is 0 Å². The molecular weight excluding hydrogens is 967 g/mol. The van der Waals surface area contributed by atoms with E-state index >= 15 is 0 Å². The molecule has 8 aromatic rings. The first-order valence-electron chi connectivity index (χ1n) is 19.3. The maximum atomic E-state index is 13.8. The summed E-state index contributed by atoms with van der Waals surface area (Å²) in [5, 5.41) is 15.0. The van der Waals surface area contributed by atoms with Crippen LogP contribution in [0.1, 0.15) is 29.3 Å². The van der Waals surface area contributed by atoms with Gasteiger partial charge in [0.1, 0.15) is 11.3 Å². The molecule has 6 nitrogen and oxygen atoms in total. The first kappa shape index (κ1) is 48.1. The second-order valence-electron chi connectivity index (χ2n) is 13.7. The number of carbonyl (C=O) groups is 1. The van der Waals surface area contributed by atoms with Crippen LogP contribution in [0.25, 0.3) is 11.0 Å². The Morgan fingerprint density at radius 2 is 0.839 bits per heavy atom. The Morgan fingerprint density at radius 1 is 0.532 bits per heavy atom. The number of alkyl halides is 3. The largest absolute Gasteiger partial charge is 0.506 e. The van der Waals surface area contributed by atoms with Crippen LogP contribution in [0.3, 0.4) is 0 Å². The van der Waals surface area contributed by atoms with Gasteiger partial charge in [-0.1, -0.05) is 207 Å². The Morgan fingerprint density at radius 3 is 1.11 bits per heavy atom. The molecule has 8 rings (SSSR count). The van der Waals surface area contributed by atoms with Crippen molar-refractivity contribution in [3.8, 4) is 5.75 Å². The molecule has 0 amide bonds. The molecule has 1 N–H and O–H groups in total. The van der Waals surface area contributed by atoms with Crippen LogP contribution >= 0.6 is 14.3 Å². The Bertz CT molecular complexity index is 2510. The fourth-order valence-corrected chi connectivity index (χ4v) is 12.1. The van der Waals surface area contributed by atoms with E-state index in [2.05, 4.69) is 0 Å². The molecule has 1 aromatic heterocycles. The van der Waals surface area contributed by atoms with Gasteiger partial charge in [0, 0.05) is 81.2 Å². The van der Waals surface area contributed by atoms with Crippen LogP contribution in [-0.4, -0.2) is 17.1 Å². The predicted molar refractivity (Wildman–Crippen MR) is 240 cm³/mol. The minimum absolute atomic E-state index is 0. The molecule has 7 aromatic carbocycles. The number of rotatable bonds is 9. The molecule has 0 spiro atoms. The average molecular weight is 1010 g/mol. The number of ketones is 1. The molecule has 12 heteroatoms. The number of halogens is 3. The molecule has 315 valence electrons. The van der Waals surface area contributed by atoms with E-state index in [0.29, 0.717) is 18.4 Å². The van der Waals surface area contributed by atoms with Crippen LogP contribution in [0.5, 0.6) is 5.75 Å². The molecule has 0 saturated carbocycles. The first-order valence-corrected chi connectivity index (χ1v) is 22.7. The summed E-state index contributed by atoms with van der Waals surface area (Å²) < 4.78 is 69.8. The van der Waals surface area contributed by atoms with Gasteiger partial charge in [0.05, 0.1) is 5.39 Å². The summed E-state index contributed by atoms with van der Waals surface area (Å²) in [6, 6.07) is 62.7. The van der Waals surface area contributed by atoms with Gasteiger partial charge in [-0.25, -0.2) is 4.79 Å². The number of hydrogen-bond donors (Lipinski definition) is 1. The van der Waals surface area contributed by atoms with Gasteiger partial charge in [0.15, 0.2) is 19.8 Å². The smallest absolute Gasteiger partial charge is 0.455 e. The van der Waals surface area contributed by atoms with Crippen molar-refractivity contribution in [1.82, 2.24) is 0 Å². The van der Waals surface area contributed by atoms with Gasteiger partial charge in [0.25, 0.3) is 5.78 Å². The number of benzene rings is 7. The average Bonchev–Trinajstić information content (AvgIpc) is 3.30. The standard InChI is InChI=1S/2C18H15OP.C14H11F3O4.Eu/c2*19-20(16-10-4-1-5-11-16,17-12-6-2-7-13-17)18-14-8-3-9-15-18;1-2-4-7-5-3-6-8-10(18)9(12(19)14(15,16)17)13(20)21-11(7)8;/h2*1-15H;3,5-6,18H,2,4H2,1H3;. The van der Waals surface area contributed by atoms with E-state index in [1.807, 2.05) is 189 Å². The summed E-state index contributed by atoms with van der Waals surface area (Å²) >= 11 is 0. The summed E-state index contributed by atoms with van der Waals surface area (Å²) in [5.41, 5.74) is -2.30. The molecule has 0 aliphatic rings. The van der Waals surface area contributed by atoms with E-state index < -0.39 is 43.2 Å². The van der Waals surface area contributed by atoms with Crippen LogP contribution in [0.2, 0.25) is 0 Å². The minimum atomic E-state index is -5.26. The number of para-hydroxylation sites is 1. The van der Waals surface area contributed by atoms with Crippen molar-refractivity contribution in [3.63, 3.8) is 0 Å². The van der Waals surface area contributed by atoms with Crippen molar-refractivity contribution in [2.45, 2.75) is 25.9 Å². The number of aromatic hydroxyl groups is 1. The topological polar surface area (TPSA) is 102 Å². The Kier molecular flexibility index (Phi) is 17.0. The van der Waals surface area contributed by atoms with Gasteiger partial charge < -0.3 is 18.7 Å². The Labute approximate surface area is 398 Å². The summed E-state index contributed by atoms with van der Waals surface area (Å²) in [6.45, 7) is 1.87. The quantitative estimate of drug-likeness (QED) is 0.0879. The maximum absolute atomic E-state index is 13.8. The molecule has 0 fully saturated rings. The Hall–Kier alpha value is -4.95. The van der Waals surface area contributed by atoms with E-state index in [1.54, 1.807) is 6.07 Å². The molecule has 0 aliphatic carbocycles. The van der Waals surface area contributed by atoms with Crippen LogP contribution in [0, 0.1) is 49.4 Å². The number of carbonyl (C=O) groups excluding carboxylic acids is 1. The number of Topliss-reactive ketones (excluding diaryl/α,β-unsaturated/α-hetero) is 1. The van der Waals surface area contributed by atoms with Crippen molar-refractivity contribution < 1.29 is 86.0 Å². The minimum Gasteiger partial charge on any atom is -0.506 e. The van der Waals surface area contributed by atoms with Crippen LogP contribution in [0.15, 0.2) is 209 Å². The molecule has 0 aliphatic heterocycles. The van der Waals surface area contributed by atoms with E-state index in [0.717, 1.165) is 31.8 Å². The molecule has 1 heterocycles. The third kappa shape index (κ3) is 10.8. The van der Waals surface area contributed by atoms with Crippen molar-refractivity contribution >= 4 is 62.9 Å². The van der Waals surface area contributed by atoms with Crippen molar-refractivity contribution in [3.05, 3.63) is 222 Å². The number of aryl methyl sites for hydroxylation is 1. The summed E-state index contributed by atoms with van der Waals surface area (Å²) in [6.07, 6.45) is -4.03. The first-order chi connectivity index (χ1) is 29.4. The van der Waals surface area contributed by atoms with E-state index in [9.17, 15) is 37.0 Å². The molecule has 62 heavy (non-hydrogen) atoms. The summed E-state index contributed by atoms with van der Waals surface area (Å²) in [4.78, 5) is 22.9. The van der Waals surface area contributed by atoms with Crippen LogP contribution in [0.4, 0.5) is 13.2 Å². The zero-order chi connectivity index (χ0) is 43.5. The zero-order valence-corrected chi connectivity index (χ0v) is 37.6. The summed E-state index contributed by atoms with van der Waals surface area (Å²) in [5.74, 6) is -3.42. The van der Waals surface area contributed by atoms with Gasteiger partial charge in [-0.3, -0.25) is 4.79 Å². The fraction of sp³-hybridized carbons (Fsp3) is 0.0800. The molecule has 0 bridgehead atoms. The predicted octanol–water partition coefficient (Wildman–Crippen LogP) is 9.85. The number of fused-ring (bicyclic) bond motifs is 1. The molecule has 0 unspecified atom stereocenters. The van der Waals surface area contributed by atoms with Crippen LogP contribution < -0.4 is 37.5 Å². The molecule has 1 radical (unpaired) electrons. The van der Waals surface area contributed by atoms with Crippen LogP contribution in [-0.2, 0) is 15.6 Å². The second-order valence-corrected chi connectivity index (χ2v) is 19.3. The van der Waals surface area contributed by atoms with Crippen molar-refractivity contribution in [2.24, 2.45) is 0 Å². The van der Waals surface area contributed by atoms with Gasteiger partial charge in [0.2, 0.25) is 0 Å². The van der Waals surface area contributed by atoms with Gasteiger partial charge in [-0.2, -0.15) is 13.2 Å². The van der Waals surface area contributed by atoms with Gasteiger partial charge >= 0.3 is 11.8 Å². The second kappa shape index (κ2) is 21.9. The molecular formula is C50H41EuF3O6P2. The summed E-state index contributed by atoms with van der Waals surface area (Å²) in [7, 11) is -5.55. The maximum Gasteiger partial charge on any atom is 0.455 e. The van der Waals surface area contributed by atoms with Crippen molar-refractivity contribution in [1.29, 1.82) is 0 Å². The van der Waals surface area contributed by atoms with E-state index in [4.69, 9.17) is 4.42 Å². The van der Waals surface area contributed by atoms with E-state index in [-0.39, 0.29) is 60.3 Å². The Balaban J connectivity index is 0.000000174. The SMILES string of the molecule is CCCc1cccc2c(O)c(C(=O)C(F)(F)F)c(=O)oc12.O=P(c1ccccc1)(c1ccccc1)c1ccccc1.O=P(c1ccccc1)(c1ccccc1)c1ccccc1.[Eu]. The molecule has 0 saturated heterocycles. The van der Waals surface area contributed by atoms with Gasteiger partial charge in [-0.05, 0) is 18.1 Å². The number of hydrogen-bond acceptors (Lipinski definition) is 6. The third-order valence-corrected chi connectivity index (χ3v) is 15.9. The fourth-order valence-electron chi connectivity index (χ4n) is 6.80. The molecule has 0 atom stereocenters.